The highest BCUT2D eigenvalue weighted by atomic mass is 31.1. The molecule has 0 aliphatic carbocycles. The van der Waals surface area contributed by atoms with Gasteiger partial charge in [-0.3, -0.25) is 4.79 Å². The molecule has 0 aliphatic rings. The Morgan fingerprint density at radius 2 is 1.47 bits per heavy atom. The van der Waals surface area contributed by atoms with Gasteiger partial charge in [0.05, 0.1) is 19.3 Å². The Bertz CT molecular complexity index is 1050. The predicted molar refractivity (Wildman–Crippen MR) is 142 cm³/mol. The number of amides is 1. The summed E-state index contributed by atoms with van der Waals surface area (Å²) in [4.78, 5) is 25.6. The lowest BCUT2D eigenvalue weighted by molar-refractivity contribution is -0.129. The van der Waals surface area contributed by atoms with Crippen LogP contribution in [0, 0.1) is 0 Å². The van der Waals surface area contributed by atoms with E-state index in [4.69, 9.17) is 18.9 Å². The van der Waals surface area contributed by atoms with E-state index < -0.39 is 13.9 Å². The normalized spacial score (nSPS) is 10.9. The number of carbonyl (C=O) groups excluding carboxylic acids is 2. The molecule has 7 nitrogen and oxygen atoms in total. The summed E-state index contributed by atoms with van der Waals surface area (Å²) < 4.78 is 20.7. The number of esters is 1. The average molecular weight is 510 g/mol. The minimum Gasteiger partial charge on any atom is -0.465 e. The molecule has 8 heteroatoms. The van der Waals surface area contributed by atoms with Crippen LogP contribution in [-0.2, 0) is 18.9 Å². The van der Waals surface area contributed by atoms with Crippen molar-refractivity contribution in [2.45, 2.75) is 13.3 Å². The van der Waals surface area contributed by atoms with Gasteiger partial charge in [-0.2, -0.15) is 0 Å². The minimum absolute atomic E-state index is 0.148. The number of hydrogen-bond acceptors (Lipinski definition) is 6. The second-order valence-electron chi connectivity index (χ2n) is 7.68. The van der Waals surface area contributed by atoms with Crippen molar-refractivity contribution in [2.24, 2.45) is 0 Å². The van der Waals surface area contributed by atoms with E-state index in [1.807, 2.05) is 73.7 Å². The van der Waals surface area contributed by atoms with Gasteiger partial charge in [0.1, 0.15) is 13.6 Å². The minimum atomic E-state index is -1.10. The third kappa shape index (κ3) is 7.97. The predicted octanol–water partition coefficient (Wildman–Crippen LogP) is 3.34. The second-order valence-corrected chi connectivity index (χ2v) is 9.87. The lowest BCUT2D eigenvalue weighted by Gasteiger charge is -2.22. The van der Waals surface area contributed by atoms with E-state index >= 15 is 0 Å². The zero-order valence-electron chi connectivity index (χ0n) is 20.6. The molecule has 0 heterocycles. The van der Waals surface area contributed by atoms with Crippen LogP contribution in [0.15, 0.2) is 78.9 Å². The van der Waals surface area contributed by atoms with Crippen molar-refractivity contribution >= 4 is 35.7 Å². The van der Waals surface area contributed by atoms with E-state index in [1.54, 1.807) is 12.1 Å². The van der Waals surface area contributed by atoms with E-state index in [0.717, 1.165) is 15.9 Å². The second kappa shape index (κ2) is 15.1. The molecule has 0 radical (unpaired) electrons. The number of carbonyl (C=O) groups is 2. The maximum Gasteiger partial charge on any atom is 0.338 e. The van der Waals surface area contributed by atoms with Crippen LogP contribution in [-0.4, -0.2) is 52.3 Å². The van der Waals surface area contributed by atoms with Gasteiger partial charge in [-0.1, -0.05) is 60.7 Å². The molecular formula is C28H32NO6P. The lowest BCUT2D eigenvalue weighted by Crippen LogP contribution is -2.29. The maximum absolute atomic E-state index is 12.9. The Morgan fingerprint density at radius 1 is 0.833 bits per heavy atom. The summed E-state index contributed by atoms with van der Waals surface area (Å²) in [6.07, 6.45) is 0.636. The van der Waals surface area contributed by atoms with Crippen LogP contribution in [0.25, 0.3) is 0 Å². The largest absolute Gasteiger partial charge is 0.465 e. The van der Waals surface area contributed by atoms with Gasteiger partial charge in [-0.15, -0.1) is 0 Å². The molecule has 0 spiro atoms. The summed E-state index contributed by atoms with van der Waals surface area (Å²) in [5, 5.41) is 5.85. The summed E-state index contributed by atoms with van der Waals surface area (Å²) in [6.45, 7) is 3.73. The monoisotopic (exact) mass is 509 g/mol. The summed E-state index contributed by atoms with van der Waals surface area (Å²) in [6, 6.07) is 25.2. The fourth-order valence-corrected chi connectivity index (χ4v) is 5.96. The Hall–Kier alpha value is -3.09. The van der Waals surface area contributed by atoms with Crippen molar-refractivity contribution in [3.05, 3.63) is 90.0 Å². The van der Waals surface area contributed by atoms with E-state index in [0.29, 0.717) is 37.3 Å². The van der Waals surface area contributed by atoms with Crippen LogP contribution in [0.2, 0.25) is 0 Å². The van der Waals surface area contributed by atoms with E-state index in [1.165, 1.54) is 7.11 Å². The highest BCUT2D eigenvalue weighted by Crippen LogP contribution is 2.34. The number of nitrogens with one attached hydrogen (secondary N) is 1. The Morgan fingerprint density at radius 3 is 2.08 bits per heavy atom. The van der Waals surface area contributed by atoms with Crippen molar-refractivity contribution in [2.75, 3.05) is 40.5 Å². The molecule has 3 aromatic rings. The van der Waals surface area contributed by atoms with Gasteiger partial charge in [0.2, 0.25) is 0 Å². The molecule has 0 bridgehead atoms. The first-order valence-electron chi connectivity index (χ1n) is 11.8. The molecule has 0 saturated carbocycles. The number of methoxy groups -OCH3 is 1. The molecule has 190 valence electrons. The molecule has 0 atom stereocenters. The third-order valence-corrected chi connectivity index (χ3v) is 7.70. The van der Waals surface area contributed by atoms with Crippen molar-refractivity contribution in [1.29, 1.82) is 0 Å². The number of hydrogen-bond donors (Lipinski definition) is 1. The van der Waals surface area contributed by atoms with Crippen molar-refractivity contribution < 1.29 is 28.5 Å². The molecule has 1 N–H and O–H groups in total. The molecule has 3 aromatic carbocycles. The third-order valence-electron chi connectivity index (χ3n) is 5.22. The molecular weight excluding hydrogens is 477 g/mol. The molecule has 0 unspecified atom stereocenters. The van der Waals surface area contributed by atoms with Gasteiger partial charge in [0.25, 0.3) is 5.91 Å². The van der Waals surface area contributed by atoms with E-state index in [9.17, 15) is 9.59 Å². The summed E-state index contributed by atoms with van der Waals surface area (Å²) in [7, 11) is 0.267. The smallest absolute Gasteiger partial charge is 0.338 e. The molecule has 0 saturated heterocycles. The van der Waals surface area contributed by atoms with E-state index in [-0.39, 0.29) is 19.5 Å². The van der Waals surface area contributed by atoms with Gasteiger partial charge < -0.3 is 24.3 Å². The van der Waals surface area contributed by atoms with Crippen molar-refractivity contribution in [3.63, 3.8) is 0 Å². The Balaban J connectivity index is 1.77. The van der Waals surface area contributed by atoms with Gasteiger partial charge in [0.15, 0.2) is 0 Å². The topological polar surface area (TPSA) is 83.1 Å². The molecule has 0 aliphatic heterocycles. The SMILES string of the molecule is CCOCOCOCCCNC(=O)c1ccc(C(=O)OC)c(P(c2ccccc2)c2ccccc2)c1. The lowest BCUT2D eigenvalue weighted by atomic mass is 10.1. The van der Waals surface area contributed by atoms with Gasteiger partial charge >= 0.3 is 5.97 Å². The van der Waals surface area contributed by atoms with Crippen LogP contribution in [0.5, 0.6) is 0 Å². The van der Waals surface area contributed by atoms with Crippen molar-refractivity contribution in [1.82, 2.24) is 5.32 Å². The van der Waals surface area contributed by atoms with Crippen LogP contribution in [0.3, 0.4) is 0 Å². The van der Waals surface area contributed by atoms with Crippen LogP contribution >= 0.6 is 7.92 Å². The fraction of sp³-hybridized carbons (Fsp3) is 0.286. The average Bonchev–Trinajstić information content (AvgIpc) is 2.93. The molecule has 0 fully saturated rings. The van der Waals surface area contributed by atoms with E-state index in [2.05, 4.69) is 5.32 Å². The molecule has 0 aromatic heterocycles. The fourth-order valence-electron chi connectivity index (χ4n) is 3.49. The number of ether oxygens (including phenoxy) is 4. The van der Waals surface area contributed by atoms with Crippen LogP contribution in [0.1, 0.15) is 34.1 Å². The molecule has 36 heavy (non-hydrogen) atoms. The first-order chi connectivity index (χ1) is 17.7. The Labute approximate surface area is 213 Å². The van der Waals surface area contributed by atoms with Crippen LogP contribution < -0.4 is 21.2 Å². The zero-order valence-corrected chi connectivity index (χ0v) is 21.5. The van der Waals surface area contributed by atoms with Gasteiger partial charge in [-0.25, -0.2) is 4.79 Å². The number of rotatable bonds is 14. The first-order valence-corrected chi connectivity index (χ1v) is 13.1. The molecule has 3 rings (SSSR count). The van der Waals surface area contributed by atoms with Crippen LogP contribution in [0.4, 0.5) is 0 Å². The van der Waals surface area contributed by atoms with Gasteiger partial charge in [0, 0.05) is 24.0 Å². The van der Waals surface area contributed by atoms with Gasteiger partial charge in [-0.05, 0) is 50.1 Å². The standard InChI is InChI=1S/C28H32NO6P/c1-3-33-20-35-21-34-18-10-17-29-27(30)22-15-16-25(28(31)32-2)26(19-22)36(23-11-6-4-7-12-23)24-13-8-5-9-14-24/h4-9,11-16,19H,3,10,17-18,20-21H2,1-2H3,(H,29,30). The number of benzene rings is 3. The van der Waals surface area contributed by atoms with Crippen molar-refractivity contribution in [3.8, 4) is 0 Å². The summed E-state index contributed by atoms with van der Waals surface area (Å²) in [5.74, 6) is -0.642. The summed E-state index contributed by atoms with van der Waals surface area (Å²) >= 11 is 0. The summed E-state index contributed by atoms with van der Waals surface area (Å²) in [5.41, 5.74) is 0.936. The quantitative estimate of drug-likeness (QED) is 0.155. The molecule has 1 amide bonds. The highest BCUT2D eigenvalue weighted by molar-refractivity contribution is 7.80. The Kier molecular flexibility index (Phi) is 11.5. The maximum atomic E-state index is 12.9. The first kappa shape index (κ1) is 27.5. The zero-order chi connectivity index (χ0) is 25.6. The highest BCUT2D eigenvalue weighted by Gasteiger charge is 2.24.